The molecular formula is C18H30N6O8. The van der Waals surface area contributed by atoms with Crippen molar-refractivity contribution in [3.8, 4) is 0 Å². The van der Waals surface area contributed by atoms with Gasteiger partial charge in [-0.2, -0.15) is 0 Å². The van der Waals surface area contributed by atoms with Crippen molar-refractivity contribution >= 4 is 35.5 Å². The van der Waals surface area contributed by atoms with Gasteiger partial charge in [0, 0.05) is 13.0 Å². The second-order valence-corrected chi connectivity index (χ2v) is 7.60. The minimum atomic E-state index is -1.65. The molecule has 1 aliphatic heterocycles. The summed E-state index contributed by atoms with van der Waals surface area (Å²) in [6, 6.07) is -5.21. The molecule has 10 N–H and O–H groups in total. The van der Waals surface area contributed by atoms with Gasteiger partial charge in [0.05, 0.1) is 18.6 Å². The normalized spacial score (nSPS) is 19.3. The monoisotopic (exact) mass is 458 g/mol. The molecule has 1 aliphatic rings. The van der Waals surface area contributed by atoms with Gasteiger partial charge in [-0.05, 0) is 26.2 Å². The molecular weight excluding hydrogens is 428 g/mol. The average molecular weight is 458 g/mol. The van der Waals surface area contributed by atoms with E-state index in [1.165, 1.54) is 4.90 Å². The van der Waals surface area contributed by atoms with Crippen molar-refractivity contribution < 1.29 is 39.0 Å². The minimum absolute atomic E-state index is 0.199. The van der Waals surface area contributed by atoms with Crippen LogP contribution in [0, 0.1) is 0 Å². The molecule has 5 unspecified atom stereocenters. The number of carboxylic acid groups (broad SMARTS) is 1. The zero-order valence-corrected chi connectivity index (χ0v) is 17.7. The lowest BCUT2D eigenvalue weighted by atomic mass is 10.1. The number of hydrogen-bond acceptors (Lipinski definition) is 8. The van der Waals surface area contributed by atoms with Gasteiger partial charge in [0.15, 0.2) is 6.04 Å². The highest BCUT2D eigenvalue weighted by molar-refractivity contribution is 5.95. The van der Waals surface area contributed by atoms with Crippen LogP contribution < -0.4 is 27.8 Å². The number of aliphatic hydroxyl groups is 1. The molecule has 32 heavy (non-hydrogen) atoms. The standard InChI is InChI=1S/C18H30N6O8/c1-8(25)14(18(31)32)23-15(28)10(4-5-12(20)26)22-16(29)11-3-2-6-24(11)17(30)9(19)7-13(21)27/h8-11,14,25H,2-7,19H2,1H3,(H2,20,26)(H2,21,27)(H,22,29)(H,23,28)(H,31,32). The zero-order valence-electron chi connectivity index (χ0n) is 17.7. The molecule has 0 aromatic carbocycles. The molecule has 1 heterocycles. The van der Waals surface area contributed by atoms with Crippen molar-refractivity contribution in [3.63, 3.8) is 0 Å². The lowest BCUT2D eigenvalue weighted by Crippen LogP contribution is -2.58. The van der Waals surface area contributed by atoms with Gasteiger partial charge in [-0.25, -0.2) is 4.79 Å². The third-order valence-corrected chi connectivity index (χ3v) is 4.94. The Labute approximate surface area is 183 Å². The Morgan fingerprint density at radius 2 is 1.72 bits per heavy atom. The molecule has 0 aliphatic carbocycles. The number of likely N-dealkylation sites (tertiary alicyclic amines) is 1. The predicted octanol–water partition coefficient (Wildman–Crippen LogP) is -4.12. The first-order chi connectivity index (χ1) is 14.8. The first-order valence-corrected chi connectivity index (χ1v) is 9.99. The number of nitrogens with zero attached hydrogens (tertiary/aromatic N) is 1. The van der Waals surface area contributed by atoms with Crippen LogP contribution in [0.3, 0.4) is 0 Å². The maximum Gasteiger partial charge on any atom is 0.328 e. The summed E-state index contributed by atoms with van der Waals surface area (Å²) < 4.78 is 0. The number of rotatable bonds is 12. The molecule has 5 amide bonds. The van der Waals surface area contributed by atoms with Crippen LogP contribution in [0.5, 0.6) is 0 Å². The molecule has 180 valence electrons. The van der Waals surface area contributed by atoms with Crippen molar-refractivity contribution in [1.82, 2.24) is 15.5 Å². The van der Waals surface area contributed by atoms with E-state index >= 15 is 0 Å². The summed E-state index contributed by atoms with van der Waals surface area (Å²) in [6.45, 7) is 1.36. The maximum absolute atomic E-state index is 12.8. The summed E-state index contributed by atoms with van der Waals surface area (Å²) in [7, 11) is 0. The minimum Gasteiger partial charge on any atom is -0.480 e. The Hall–Kier alpha value is -3.26. The molecule has 0 saturated carbocycles. The van der Waals surface area contributed by atoms with E-state index in [0.29, 0.717) is 6.42 Å². The Kier molecular flexibility index (Phi) is 10.00. The van der Waals surface area contributed by atoms with E-state index in [2.05, 4.69) is 10.6 Å². The number of aliphatic carboxylic acids is 1. The fourth-order valence-corrected chi connectivity index (χ4v) is 3.29. The van der Waals surface area contributed by atoms with Crippen LogP contribution in [0.25, 0.3) is 0 Å². The molecule has 0 radical (unpaired) electrons. The molecule has 0 aromatic heterocycles. The van der Waals surface area contributed by atoms with Gasteiger partial charge in [0.1, 0.15) is 12.1 Å². The molecule has 14 nitrogen and oxygen atoms in total. The van der Waals surface area contributed by atoms with Gasteiger partial charge in [-0.15, -0.1) is 0 Å². The fraction of sp³-hybridized carbons (Fsp3) is 0.667. The van der Waals surface area contributed by atoms with Crippen LogP contribution in [0.4, 0.5) is 0 Å². The lowest BCUT2D eigenvalue weighted by Gasteiger charge is -2.28. The number of amides is 5. The number of nitrogens with one attached hydrogen (secondary N) is 2. The Bertz CT molecular complexity index is 758. The van der Waals surface area contributed by atoms with E-state index in [4.69, 9.17) is 22.3 Å². The Morgan fingerprint density at radius 1 is 1.09 bits per heavy atom. The number of aliphatic hydroxyl groups excluding tert-OH is 1. The summed E-state index contributed by atoms with van der Waals surface area (Å²) in [6.07, 6.45) is -1.63. The highest BCUT2D eigenvalue weighted by atomic mass is 16.4. The van der Waals surface area contributed by atoms with Gasteiger partial charge in [-0.3, -0.25) is 24.0 Å². The van der Waals surface area contributed by atoms with E-state index in [1.54, 1.807) is 0 Å². The van der Waals surface area contributed by atoms with Gasteiger partial charge in [0.2, 0.25) is 29.5 Å². The number of hydrogen-bond donors (Lipinski definition) is 7. The number of carbonyl (C=O) groups is 6. The second-order valence-electron chi connectivity index (χ2n) is 7.60. The molecule has 1 fully saturated rings. The number of primary amides is 2. The third-order valence-electron chi connectivity index (χ3n) is 4.94. The smallest absolute Gasteiger partial charge is 0.328 e. The highest BCUT2D eigenvalue weighted by Crippen LogP contribution is 2.19. The largest absolute Gasteiger partial charge is 0.480 e. The third kappa shape index (κ3) is 7.77. The van der Waals surface area contributed by atoms with Crippen LogP contribution in [0.1, 0.15) is 39.0 Å². The zero-order chi connectivity index (χ0) is 24.6. The van der Waals surface area contributed by atoms with E-state index in [-0.39, 0.29) is 25.8 Å². The van der Waals surface area contributed by atoms with Crippen LogP contribution in [0.15, 0.2) is 0 Å². The molecule has 0 bridgehead atoms. The first-order valence-electron chi connectivity index (χ1n) is 9.99. The van der Waals surface area contributed by atoms with Crippen LogP contribution >= 0.6 is 0 Å². The van der Waals surface area contributed by atoms with Crippen LogP contribution in [-0.2, 0) is 28.8 Å². The molecule has 0 spiro atoms. The first kappa shape index (κ1) is 26.8. The summed E-state index contributed by atoms with van der Waals surface area (Å²) in [5.41, 5.74) is 15.8. The number of carboxylic acids is 1. The fourth-order valence-electron chi connectivity index (χ4n) is 3.29. The molecule has 14 heteroatoms. The van der Waals surface area contributed by atoms with Crippen molar-refractivity contribution in [2.45, 2.75) is 69.3 Å². The van der Waals surface area contributed by atoms with E-state index in [0.717, 1.165) is 6.92 Å². The highest BCUT2D eigenvalue weighted by Gasteiger charge is 2.38. The summed E-state index contributed by atoms with van der Waals surface area (Å²) in [5.74, 6) is -5.35. The number of nitrogens with two attached hydrogens (primary N) is 3. The lowest BCUT2D eigenvalue weighted by molar-refractivity contribution is -0.145. The topological polar surface area (TPSA) is 248 Å². The quantitative estimate of drug-likeness (QED) is 0.150. The van der Waals surface area contributed by atoms with Gasteiger partial charge < -0.3 is 42.9 Å². The van der Waals surface area contributed by atoms with E-state index in [9.17, 15) is 33.9 Å². The van der Waals surface area contributed by atoms with Crippen LogP contribution in [0.2, 0.25) is 0 Å². The van der Waals surface area contributed by atoms with Crippen molar-refractivity contribution in [1.29, 1.82) is 0 Å². The molecule has 1 saturated heterocycles. The maximum atomic E-state index is 12.8. The predicted molar refractivity (Wildman–Crippen MR) is 108 cm³/mol. The van der Waals surface area contributed by atoms with Gasteiger partial charge in [-0.1, -0.05) is 0 Å². The average Bonchev–Trinajstić information content (AvgIpc) is 3.16. The van der Waals surface area contributed by atoms with Crippen molar-refractivity contribution in [2.24, 2.45) is 17.2 Å². The molecule has 0 aromatic rings. The Balaban J connectivity index is 2.95. The second kappa shape index (κ2) is 12.0. The van der Waals surface area contributed by atoms with E-state index < -0.39 is 72.2 Å². The summed E-state index contributed by atoms with van der Waals surface area (Å²) in [4.78, 5) is 72.5. The summed E-state index contributed by atoms with van der Waals surface area (Å²) >= 11 is 0. The molecule has 1 rings (SSSR count). The Morgan fingerprint density at radius 3 is 2.22 bits per heavy atom. The van der Waals surface area contributed by atoms with Gasteiger partial charge in [0.25, 0.3) is 0 Å². The van der Waals surface area contributed by atoms with Crippen molar-refractivity contribution in [2.75, 3.05) is 6.54 Å². The van der Waals surface area contributed by atoms with Gasteiger partial charge >= 0.3 is 5.97 Å². The molecule has 5 atom stereocenters. The van der Waals surface area contributed by atoms with E-state index in [1.807, 2.05) is 0 Å². The number of carbonyl (C=O) groups excluding carboxylic acids is 5. The summed E-state index contributed by atoms with van der Waals surface area (Å²) in [5, 5.41) is 23.2. The van der Waals surface area contributed by atoms with Crippen LogP contribution in [-0.4, -0.2) is 87.4 Å². The SMILES string of the molecule is CC(O)C(NC(=O)C(CCC(N)=O)NC(=O)C1CCCN1C(=O)C(N)CC(N)=O)C(=O)O. The van der Waals surface area contributed by atoms with Crippen molar-refractivity contribution in [3.05, 3.63) is 0 Å².